The van der Waals surface area contributed by atoms with Crippen LogP contribution >= 0.6 is 35.0 Å². The van der Waals surface area contributed by atoms with Crippen LogP contribution in [0.3, 0.4) is 0 Å². The highest BCUT2D eigenvalue weighted by molar-refractivity contribution is 8.18. The number of nitrogens with zero attached hydrogens (tertiary/aromatic N) is 1. The summed E-state index contributed by atoms with van der Waals surface area (Å²) in [7, 11) is 0. The number of benzene rings is 2. The summed E-state index contributed by atoms with van der Waals surface area (Å²) >= 11 is 12.8. The number of ether oxygens (including phenoxy) is 1. The second-order valence-electron chi connectivity index (χ2n) is 6.72. The Balaban J connectivity index is 1.50. The Hall–Kier alpha value is -2.81. The fourth-order valence-corrected chi connectivity index (χ4v) is 4.08. The molecule has 0 spiro atoms. The zero-order valence-corrected chi connectivity index (χ0v) is 19.2. The third-order valence-electron chi connectivity index (χ3n) is 4.39. The maximum Gasteiger partial charge on any atom is 0.293 e. The topological polar surface area (TPSA) is 92.8 Å². The standard InChI is InChI=1S/C22H18Cl2N2O5S/c1-13(27)14-3-2-4-17(9-14)31-12-20(28)25-7-8-26-21(29)19(32-22(26)30)10-15-5-6-16(23)11-18(15)24/h2-6,9-11H,7-8,12H2,1H3,(H,25,28)/b19-10-. The fraction of sp³-hybridized carbons (Fsp3) is 0.182. The average molecular weight is 493 g/mol. The van der Waals surface area contributed by atoms with Crippen molar-refractivity contribution in [2.24, 2.45) is 0 Å². The Kier molecular flexibility index (Phi) is 7.95. The van der Waals surface area contributed by atoms with E-state index in [1.54, 1.807) is 42.5 Å². The number of imide groups is 1. The van der Waals surface area contributed by atoms with Crippen LogP contribution in [0.1, 0.15) is 22.8 Å². The average Bonchev–Trinajstić information content (AvgIpc) is 3.01. The molecule has 1 fully saturated rings. The summed E-state index contributed by atoms with van der Waals surface area (Å²) in [4.78, 5) is 49.5. The van der Waals surface area contributed by atoms with Gasteiger partial charge in [0, 0.05) is 28.7 Å². The smallest absolute Gasteiger partial charge is 0.293 e. The molecule has 7 nitrogen and oxygen atoms in total. The fourth-order valence-electron chi connectivity index (χ4n) is 2.76. The van der Waals surface area contributed by atoms with Crippen molar-refractivity contribution in [1.29, 1.82) is 0 Å². The first-order valence-electron chi connectivity index (χ1n) is 9.45. The summed E-state index contributed by atoms with van der Waals surface area (Å²) in [5, 5.41) is 2.99. The van der Waals surface area contributed by atoms with E-state index in [4.69, 9.17) is 27.9 Å². The minimum Gasteiger partial charge on any atom is -0.484 e. The first-order chi connectivity index (χ1) is 15.2. The highest BCUT2D eigenvalue weighted by atomic mass is 35.5. The lowest BCUT2D eigenvalue weighted by atomic mass is 10.1. The third-order valence-corrected chi connectivity index (χ3v) is 5.86. The van der Waals surface area contributed by atoms with E-state index in [0.717, 1.165) is 16.7 Å². The minimum atomic E-state index is -0.461. The van der Waals surface area contributed by atoms with Crippen molar-refractivity contribution in [3.63, 3.8) is 0 Å². The highest BCUT2D eigenvalue weighted by Crippen LogP contribution is 2.33. The Morgan fingerprint density at radius 3 is 2.66 bits per heavy atom. The largest absolute Gasteiger partial charge is 0.484 e. The van der Waals surface area contributed by atoms with E-state index in [-0.39, 0.29) is 30.4 Å². The molecule has 1 heterocycles. The zero-order valence-electron chi connectivity index (χ0n) is 16.9. The number of carbonyl (C=O) groups is 4. The lowest BCUT2D eigenvalue weighted by molar-refractivity contribution is -0.125. The number of carbonyl (C=O) groups excluding carboxylic acids is 4. The van der Waals surface area contributed by atoms with Gasteiger partial charge < -0.3 is 10.1 Å². The number of ketones is 1. The number of Topliss-reactive ketones (excluding diaryl/α,β-unsaturated/α-hetero) is 1. The van der Waals surface area contributed by atoms with E-state index in [0.29, 0.717) is 26.9 Å². The molecule has 2 aromatic carbocycles. The van der Waals surface area contributed by atoms with Crippen LogP contribution in [0.4, 0.5) is 4.79 Å². The van der Waals surface area contributed by atoms with Gasteiger partial charge >= 0.3 is 0 Å². The second-order valence-corrected chi connectivity index (χ2v) is 8.56. The van der Waals surface area contributed by atoms with Gasteiger partial charge in [0.15, 0.2) is 12.4 Å². The van der Waals surface area contributed by atoms with Crippen LogP contribution < -0.4 is 10.1 Å². The molecule has 3 rings (SSSR count). The first kappa shape index (κ1) is 23.8. The van der Waals surface area contributed by atoms with Gasteiger partial charge in [-0.2, -0.15) is 0 Å². The molecule has 1 aliphatic heterocycles. The van der Waals surface area contributed by atoms with Crippen LogP contribution in [0.15, 0.2) is 47.4 Å². The Labute approximate surface area is 198 Å². The van der Waals surface area contributed by atoms with Crippen LogP contribution in [0.5, 0.6) is 5.75 Å². The van der Waals surface area contributed by atoms with Crippen molar-refractivity contribution in [3.05, 3.63) is 68.5 Å². The molecule has 0 aromatic heterocycles. The molecule has 2 aromatic rings. The molecule has 32 heavy (non-hydrogen) atoms. The van der Waals surface area contributed by atoms with E-state index in [2.05, 4.69) is 5.32 Å². The van der Waals surface area contributed by atoms with Gasteiger partial charge in [0.05, 0.1) is 4.91 Å². The third kappa shape index (κ3) is 6.12. The lowest BCUT2D eigenvalue weighted by Gasteiger charge is -2.13. The van der Waals surface area contributed by atoms with E-state index < -0.39 is 17.1 Å². The van der Waals surface area contributed by atoms with E-state index in [9.17, 15) is 19.2 Å². The SMILES string of the molecule is CC(=O)c1cccc(OCC(=O)NCCN2C(=O)S/C(=C\c3ccc(Cl)cc3Cl)C2=O)c1. The molecule has 0 saturated carbocycles. The second kappa shape index (κ2) is 10.7. The Bertz CT molecular complexity index is 1120. The molecular weight excluding hydrogens is 475 g/mol. The van der Waals surface area contributed by atoms with Gasteiger partial charge in [-0.1, -0.05) is 41.4 Å². The Morgan fingerprint density at radius 1 is 1.16 bits per heavy atom. The molecular formula is C22H18Cl2N2O5S. The van der Waals surface area contributed by atoms with Crippen molar-refractivity contribution in [1.82, 2.24) is 10.2 Å². The zero-order chi connectivity index (χ0) is 23.3. The molecule has 3 amide bonds. The summed E-state index contributed by atoms with van der Waals surface area (Å²) < 4.78 is 5.38. The van der Waals surface area contributed by atoms with Crippen LogP contribution in [-0.2, 0) is 9.59 Å². The van der Waals surface area contributed by atoms with Crippen LogP contribution in [0.25, 0.3) is 6.08 Å². The summed E-state index contributed by atoms with van der Waals surface area (Å²) in [6.07, 6.45) is 1.53. The number of thioether (sulfide) groups is 1. The molecule has 0 unspecified atom stereocenters. The number of hydrogen-bond donors (Lipinski definition) is 1. The number of halogens is 2. The predicted molar refractivity (Wildman–Crippen MR) is 124 cm³/mol. The summed E-state index contributed by atoms with van der Waals surface area (Å²) in [5.74, 6) is -0.597. The van der Waals surface area contributed by atoms with Gasteiger partial charge in [0.2, 0.25) is 0 Å². The van der Waals surface area contributed by atoms with Crippen LogP contribution in [0, 0.1) is 0 Å². The number of rotatable bonds is 8. The minimum absolute atomic E-state index is 0.0158. The summed E-state index contributed by atoms with van der Waals surface area (Å²) in [5.41, 5.74) is 1.05. The quantitative estimate of drug-likeness (QED) is 0.432. The maximum atomic E-state index is 12.6. The summed E-state index contributed by atoms with van der Waals surface area (Å²) in [6, 6.07) is 11.3. The molecule has 1 aliphatic rings. The van der Waals surface area contributed by atoms with E-state index in [1.807, 2.05) is 0 Å². The monoisotopic (exact) mass is 492 g/mol. The van der Waals surface area contributed by atoms with Gasteiger partial charge in [-0.05, 0) is 54.6 Å². The number of hydrogen-bond acceptors (Lipinski definition) is 6. The van der Waals surface area contributed by atoms with Crippen molar-refractivity contribution in [2.75, 3.05) is 19.7 Å². The van der Waals surface area contributed by atoms with Crippen molar-refractivity contribution < 1.29 is 23.9 Å². The van der Waals surface area contributed by atoms with Crippen molar-refractivity contribution >= 4 is 63.9 Å². The van der Waals surface area contributed by atoms with Gasteiger partial charge in [0.1, 0.15) is 5.75 Å². The Morgan fingerprint density at radius 2 is 1.94 bits per heavy atom. The normalized spacial score (nSPS) is 14.7. The number of nitrogens with one attached hydrogen (secondary N) is 1. The van der Waals surface area contributed by atoms with Gasteiger partial charge in [-0.3, -0.25) is 24.1 Å². The van der Waals surface area contributed by atoms with Gasteiger partial charge in [-0.15, -0.1) is 0 Å². The summed E-state index contributed by atoms with van der Waals surface area (Å²) in [6.45, 7) is 1.26. The van der Waals surface area contributed by atoms with Gasteiger partial charge in [0.25, 0.3) is 17.1 Å². The first-order valence-corrected chi connectivity index (χ1v) is 11.0. The van der Waals surface area contributed by atoms with Gasteiger partial charge in [-0.25, -0.2) is 0 Å². The van der Waals surface area contributed by atoms with Crippen LogP contribution in [-0.4, -0.2) is 47.4 Å². The van der Waals surface area contributed by atoms with Crippen molar-refractivity contribution in [2.45, 2.75) is 6.92 Å². The van der Waals surface area contributed by atoms with Crippen molar-refractivity contribution in [3.8, 4) is 5.75 Å². The molecule has 10 heteroatoms. The predicted octanol–water partition coefficient (Wildman–Crippen LogP) is 4.43. The molecule has 1 N–H and O–H groups in total. The van der Waals surface area contributed by atoms with E-state index >= 15 is 0 Å². The van der Waals surface area contributed by atoms with E-state index in [1.165, 1.54) is 13.0 Å². The number of amides is 3. The molecule has 0 bridgehead atoms. The highest BCUT2D eigenvalue weighted by Gasteiger charge is 2.34. The molecule has 1 saturated heterocycles. The lowest BCUT2D eigenvalue weighted by Crippen LogP contribution is -2.38. The van der Waals surface area contributed by atoms with Crippen LogP contribution in [0.2, 0.25) is 10.0 Å². The molecule has 0 radical (unpaired) electrons. The maximum absolute atomic E-state index is 12.6. The molecule has 0 aliphatic carbocycles. The molecule has 0 atom stereocenters. The molecule has 166 valence electrons.